The van der Waals surface area contributed by atoms with Gasteiger partial charge in [0.05, 0.1) is 5.57 Å². The molecule has 0 amide bonds. The largest absolute Gasteiger partial charge is 0.436 e. The molecule has 1 N–H and O–H groups in total. The zero-order valence-corrected chi connectivity index (χ0v) is 12.5. The molecule has 0 saturated heterocycles. The van der Waals surface area contributed by atoms with E-state index < -0.39 is 0 Å². The van der Waals surface area contributed by atoms with Crippen LogP contribution in [0.5, 0.6) is 0 Å². The van der Waals surface area contributed by atoms with Crippen molar-refractivity contribution >= 4 is 28.6 Å². The number of aryl methyl sites for hydroxylation is 2. The number of carbonyl (C=O) groups is 1. The molecule has 2 aromatic carbocycles. The van der Waals surface area contributed by atoms with E-state index in [0.717, 1.165) is 23.1 Å². The molecule has 22 heavy (non-hydrogen) atoms. The number of para-hydroxylation sites is 2. The van der Waals surface area contributed by atoms with E-state index in [4.69, 9.17) is 4.42 Å². The normalized spacial score (nSPS) is 11.6. The minimum Gasteiger partial charge on any atom is -0.436 e. The van der Waals surface area contributed by atoms with Gasteiger partial charge in [0.2, 0.25) is 5.89 Å². The summed E-state index contributed by atoms with van der Waals surface area (Å²) in [5.74, 6) is 0.313. The van der Waals surface area contributed by atoms with Crippen molar-refractivity contribution < 1.29 is 9.21 Å². The van der Waals surface area contributed by atoms with Crippen LogP contribution in [0.1, 0.15) is 17.0 Å². The molecule has 0 fully saturated rings. The number of fused-ring (bicyclic) bond motifs is 1. The maximum absolute atomic E-state index is 11.3. The number of hydrogen-bond acceptors (Lipinski definition) is 4. The zero-order valence-electron chi connectivity index (χ0n) is 12.5. The number of rotatable bonds is 4. The quantitative estimate of drug-likeness (QED) is 0.581. The number of aldehydes is 1. The number of carbonyl (C=O) groups excluding carboxylic acids is 1. The van der Waals surface area contributed by atoms with Gasteiger partial charge in [-0.15, -0.1) is 0 Å². The summed E-state index contributed by atoms with van der Waals surface area (Å²) in [6.07, 6.45) is 2.36. The molecule has 0 radical (unpaired) electrons. The second-order valence-corrected chi connectivity index (χ2v) is 5.17. The number of benzene rings is 2. The van der Waals surface area contributed by atoms with Crippen molar-refractivity contribution in [1.29, 1.82) is 0 Å². The lowest BCUT2D eigenvalue weighted by Gasteiger charge is -2.06. The Labute approximate surface area is 128 Å². The highest BCUT2D eigenvalue weighted by molar-refractivity contribution is 6.06. The molecule has 1 heterocycles. The van der Waals surface area contributed by atoms with E-state index in [2.05, 4.69) is 16.4 Å². The molecule has 0 aliphatic heterocycles. The molecule has 110 valence electrons. The Balaban J connectivity index is 1.91. The molecule has 1 aromatic heterocycles. The molecule has 0 aliphatic rings. The van der Waals surface area contributed by atoms with E-state index in [1.165, 1.54) is 5.56 Å². The molecule has 0 saturated carbocycles. The molecule has 4 nitrogen and oxygen atoms in total. The second kappa shape index (κ2) is 5.85. The van der Waals surface area contributed by atoms with E-state index >= 15 is 0 Å². The summed E-state index contributed by atoms with van der Waals surface area (Å²) >= 11 is 0. The topological polar surface area (TPSA) is 55.1 Å². The van der Waals surface area contributed by atoms with Crippen LogP contribution >= 0.6 is 0 Å². The highest BCUT2D eigenvalue weighted by atomic mass is 16.3. The van der Waals surface area contributed by atoms with Gasteiger partial charge in [-0.2, -0.15) is 0 Å². The van der Waals surface area contributed by atoms with E-state index in [1.807, 2.05) is 50.2 Å². The zero-order chi connectivity index (χ0) is 15.5. The summed E-state index contributed by atoms with van der Waals surface area (Å²) in [5, 5.41) is 3.14. The average Bonchev–Trinajstić information content (AvgIpc) is 2.93. The number of allylic oxidation sites excluding steroid dienone is 1. The molecular weight excluding hydrogens is 276 g/mol. The van der Waals surface area contributed by atoms with Crippen LogP contribution in [-0.4, -0.2) is 11.3 Å². The van der Waals surface area contributed by atoms with Gasteiger partial charge in [-0.3, -0.25) is 4.79 Å². The highest BCUT2D eigenvalue weighted by Gasteiger charge is 2.10. The van der Waals surface area contributed by atoms with Crippen LogP contribution in [0.15, 0.2) is 53.1 Å². The van der Waals surface area contributed by atoms with E-state index in [9.17, 15) is 4.79 Å². The monoisotopic (exact) mass is 292 g/mol. The Hall–Kier alpha value is -2.88. The van der Waals surface area contributed by atoms with Gasteiger partial charge in [-0.1, -0.05) is 29.8 Å². The summed E-state index contributed by atoms with van der Waals surface area (Å²) in [4.78, 5) is 15.7. The first-order valence-electron chi connectivity index (χ1n) is 7.02. The Bertz CT molecular complexity index is 829. The van der Waals surface area contributed by atoms with Crippen LogP contribution in [0.25, 0.3) is 16.7 Å². The molecule has 0 spiro atoms. The van der Waals surface area contributed by atoms with Gasteiger partial charge in [0, 0.05) is 11.9 Å². The van der Waals surface area contributed by atoms with Crippen LogP contribution in [0, 0.1) is 13.8 Å². The number of nitrogens with zero attached hydrogens (tertiary/aromatic N) is 1. The lowest BCUT2D eigenvalue weighted by Crippen LogP contribution is -1.95. The minimum atomic E-state index is 0.313. The fourth-order valence-electron chi connectivity index (χ4n) is 2.27. The number of aromatic nitrogens is 1. The van der Waals surface area contributed by atoms with Gasteiger partial charge >= 0.3 is 0 Å². The summed E-state index contributed by atoms with van der Waals surface area (Å²) in [6, 6.07) is 13.5. The van der Waals surface area contributed by atoms with Crippen LogP contribution in [0.3, 0.4) is 0 Å². The van der Waals surface area contributed by atoms with Crippen molar-refractivity contribution in [1.82, 2.24) is 4.98 Å². The van der Waals surface area contributed by atoms with Gasteiger partial charge in [0.15, 0.2) is 11.9 Å². The fraction of sp³-hybridized carbons (Fsp3) is 0.111. The summed E-state index contributed by atoms with van der Waals surface area (Å²) in [7, 11) is 0. The predicted molar refractivity (Wildman–Crippen MR) is 87.6 cm³/mol. The molecule has 0 unspecified atom stereocenters. The van der Waals surface area contributed by atoms with Crippen molar-refractivity contribution in [2.75, 3.05) is 5.32 Å². The van der Waals surface area contributed by atoms with Crippen LogP contribution in [0.4, 0.5) is 5.69 Å². The van der Waals surface area contributed by atoms with E-state index in [1.54, 1.807) is 6.20 Å². The smallest absolute Gasteiger partial charge is 0.232 e. The van der Waals surface area contributed by atoms with Gasteiger partial charge in [-0.25, -0.2) is 4.98 Å². The first-order valence-corrected chi connectivity index (χ1v) is 7.02. The molecular formula is C18H16N2O2. The third-order valence-corrected chi connectivity index (χ3v) is 3.43. The number of oxazole rings is 1. The van der Waals surface area contributed by atoms with Crippen molar-refractivity contribution in [3.05, 3.63) is 65.7 Å². The van der Waals surface area contributed by atoms with Gasteiger partial charge < -0.3 is 9.73 Å². The van der Waals surface area contributed by atoms with Gasteiger partial charge in [0.1, 0.15) is 5.52 Å². The molecule has 4 heteroatoms. The first kappa shape index (κ1) is 14.1. The lowest BCUT2D eigenvalue weighted by atomic mass is 10.1. The van der Waals surface area contributed by atoms with Gasteiger partial charge in [0.25, 0.3) is 0 Å². The van der Waals surface area contributed by atoms with E-state index in [0.29, 0.717) is 17.0 Å². The summed E-state index contributed by atoms with van der Waals surface area (Å²) in [6.45, 7) is 4.06. The predicted octanol–water partition coefficient (Wildman–Crippen LogP) is 4.10. The first-order chi connectivity index (χ1) is 10.7. The minimum absolute atomic E-state index is 0.313. The Morgan fingerprint density at radius 2 is 2.00 bits per heavy atom. The molecule has 0 aliphatic carbocycles. The van der Waals surface area contributed by atoms with Crippen LogP contribution in [0.2, 0.25) is 0 Å². The summed E-state index contributed by atoms with van der Waals surface area (Å²) in [5.41, 5.74) is 5.02. The highest BCUT2D eigenvalue weighted by Crippen LogP contribution is 2.21. The fourth-order valence-corrected chi connectivity index (χ4v) is 2.27. The third-order valence-electron chi connectivity index (χ3n) is 3.43. The number of anilines is 1. The van der Waals surface area contributed by atoms with Crippen molar-refractivity contribution in [2.24, 2.45) is 0 Å². The van der Waals surface area contributed by atoms with Gasteiger partial charge in [-0.05, 0) is 37.6 Å². The SMILES string of the molecule is Cc1ccc(N/C=C(\C=O)c2nc3ccccc3o2)c(C)c1. The molecule has 3 aromatic rings. The van der Waals surface area contributed by atoms with Crippen LogP contribution in [-0.2, 0) is 4.79 Å². The Morgan fingerprint density at radius 3 is 2.73 bits per heavy atom. The lowest BCUT2D eigenvalue weighted by molar-refractivity contribution is -0.103. The van der Waals surface area contributed by atoms with Crippen molar-refractivity contribution in [3.63, 3.8) is 0 Å². The molecule has 0 atom stereocenters. The second-order valence-electron chi connectivity index (χ2n) is 5.17. The number of nitrogens with one attached hydrogen (secondary N) is 1. The maximum atomic E-state index is 11.3. The Kier molecular flexibility index (Phi) is 3.74. The van der Waals surface area contributed by atoms with E-state index in [-0.39, 0.29) is 0 Å². The standard InChI is InChI=1S/C18H16N2O2/c1-12-7-8-15(13(2)9-12)19-10-14(11-21)18-20-16-5-3-4-6-17(16)22-18/h3-11,19H,1-2H3/b14-10+. The Morgan fingerprint density at radius 1 is 1.18 bits per heavy atom. The summed E-state index contributed by atoms with van der Waals surface area (Å²) < 4.78 is 5.61. The average molecular weight is 292 g/mol. The van der Waals surface area contributed by atoms with Crippen molar-refractivity contribution in [2.45, 2.75) is 13.8 Å². The maximum Gasteiger partial charge on any atom is 0.232 e. The van der Waals surface area contributed by atoms with Crippen molar-refractivity contribution in [3.8, 4) is 0 Å². The molecule has 0 bridgehead atoms. The number of hydrogen-bond donors (Lipinski definition) is 1. The van der Waals surface area contributed by atoms with Crippen LogP contribution < -0.4 is 5.32 Å². The third kappa shape index (κ3) is 2.76. The molecule has 3 rings (SSSR count).